The maximum atomic E-state index is 14.3. The van der Waals surface area contributed by atoms with Crippen LogP contribution >= 0.6 is 0 Å². The molecule has 5 atom stereocenters. The number of ketones is 1. The molecule has 266 valence electrons. The van der Waals surface area contributed by atoms with Crippen molar-refractivity contribution < 1.29 is 42.9 Å². The summed E-state index contributed by atoms with van der Waals surface area (Å²) >= 11 is 0. The van der Waals surface area contributed by atoms with Gasteiger partial charge in [-0.05, 0) is 69.5 Å². The van der Waals surface area contributed by atoms with Gasteiger partial charge in [0.05, 0.1) is 26.3 Å². The van der Waals surface area contributed by atoms with Gasteiger partial charge in [0.15, 0.2) is 5.78 Å². The normalized spacial score (nSPS) is 23.4. The number of rotatable bonds is 13. The number of carbonyl (C=O) groups is 5. The number of hydrogen-bond acceptors (Lipinski definition) is 10. The summed E-state index contributed by atoms with van der Waals surface area (Å²) in [5.74, 6) is -1.37. The van der Waals surface area contributed by atoms with Gasteiger partial charge in [0.1, 0.15) is 54.9 Å². The van der Waals surface area contributed by atoms with E-state index in [1.54, 1.807) is 40.1 Å². The van der Waals surface area contributed by atoms with E-state index in [0.29, 0.717) is 34.4 Å². The highest BCUT2D eigenvalue weighted by molar-refractivity contribution is 6.23. The Bertz CT molecular complexity index is 1720. The molecule has 14 heteroatoms. The van der Waals surface area contributed by atoms with E-state index in [0.717, 1.165) is 31.2 Å². The molecular formula is C36H45BN4O9. The van der Waals surface area contributed by atoms with Crippen LogP contribution in [-0.4, -0.2) is 98.0 Å². The number of fused-ring (bicyclic) bond motifs is 1. The third kappa shape index (κ3) is 7.34. The molecule has 1 aliphatic heterocycles. The average molecular weight is 689 g/mol. The number of pyridine rings is 1. The summed E-state index contributed by atoms with van der Waals surface area (Å²) in [4.78, 5) is 72.7. The Labute approximate surface area is 292 Å². The predicted molar refractivity (Wildman–Crippen MR) is 187 cm³/mol. The number of aromatic nitrogens is 1. The monoisotopic (exact) mass is 688 g/mol. The number of amides is 3. The van der Waals surface area contributed by atoms with Crippen LogP contribution in [0.25, 0.3) is 10.9 Å². The van der Waals surface area contributed by atoms with Gasteiger partial charge in [-0.2, -0.15) is 0 Å². The first-order chi connectivity index (χ1) is 23.8. The van der Waals surface area contributed by atoms with Crippen LogP contribution in [0.1, 0.15) is 61.5 Å². The van der Waals surface area contributed by atoms with Crippen molar-refractivity contribution in [2.75, 3.05) is 20.8 Å². The Morgan fingerprint density at radius 2 is 1.84 bits per heavy atom. The molecule has 0 unspecified atom stereocenters. The fourth-order valence-electron chi connectivity index (χ4n) is 6.89. The second-order valence-electron chi connectivity index (χ2n) is 13.3. The largest absolute Gasteiger partial charge is 0.496 e. The van der Waals surface area contributed by atoms with Crippen LogP contribution in [0.3, 0.4) is 0 Å². The van der Waals surface area contributed by atoms with Crippen molar-refractivity contribution in [1.82, 2.24) is 20.5 Å². The van der Waals surface area contributed by atoms with Crippen molar-refractivity contribution >= 4 is 48.4 Å². The lowest BCUT2D eigenvalue weighted by molar-refractivity contribution is -0.148. The number of hydrogen-bond donors (Lipinski definition) is 2. The first-order valence-corrected chi connectivity index (χ1v) is 17.0. The molecule has 1 aromatic carbocycles. The average Bonchev–Trinajstić information content (AvgIpc) is 3.36. The summed E-state index contributed by atoms with van der Waals surface area (Å²) in [5, 5.41) is 6.10. The molecule has 1 saturated heterocycles. The summed E-state index contributed by atoms with van der Waals surface area (Å²) in [7, 11) is 4.53. The number of esters is 1. The quantitative estimate of drug-likeness (QED) is 0.139. The Morgan fingerprint density at radius 1 is 1.12 bits per heavy atom. The van der Waals surface area contributed by atoms with Gasteiger partial charge in [0, 0.05) is 29.9 Å². The second kappa shape index (κ2) is 14.9. The maximum Gasteiger partial charge on any atom is 0.408 e. The fraction of sp³-hybridized carbons (Fsp3) is 0.500. The van der Waals surface area contributed by atoms with Gasteiger partial charge in [0.25, 0.3) is 0 Å². The number of alkyl carbamates (subject to hydrolysis) is 1. The van der Waals surface area contributed by atoms with Crippen molar-refractivity contribution in [2.24, 2.45) is 5.92 Å². The smallest absolute Gasteiger partial charge is 0.408 e. The number of likely N-dealkylation sites (tertiary alicyclic amines) is 1. The molecule has 2 heterocycles. The minimum Gasteiger partial charge on any atom is -0.496 e. The maximum absolute atomic E-state index is 14.3. The molecular weight excluding hydrogens is 643 g/mol. The highest BCUT2D eigenvalue weighted by Gasteiger charge is 2.62. The van der Waals surface area contributed by atoms with E-state index in [2.05, 4.69) is 28.8 Å². The minimum atomic E-state index is -1.30. The van der Waals surface area contributed by atoms with E-state index in [4.69, 9.17) is 18.9 Å². The topological polar surface area (TPSA) is 162 Å². The zero-order chi connectivity index (χ0) is 36.3. The molecule has 2 aliphatic carbocycles. The molecule has 3 amide bonds. The van der Waals surface area contributed by atoms with E-state index >= 15 is 0 Å². The van der Waals surface area contributed by atoms with Gasteiger partial charge in [-0.25, -0.2) is 14.6 Å². The van der Waals surface area contributed by atoms with Crippen molar-refractivity contribution in [2.45, 2.75) is 88.5 Å². The van der Waals surface area contributed by atoms with Crippen molar-refractivity contribution in [3.05, 3.63) is 54.3 Å². The molecule has 3 aliphatic rings. The Morgan fingerprint density at radius 3 is 2.44 bits per heavy atom. The highest BCUT2D eigenvalue weighted by Crippen LogP contribution is 2.45. The SMILES string of the molecule is BCC(=O)c1cc(O[C@@H]2C[C@@H](C(=O)N[C@]3(C(=O)OC)C[C@H]3C=C)N(C(=O)[C@@H](NC(=O)OC3CCCC3)C(=C)C)C2)c2cc(C)c(OC)cc2n1. The Kier molecular flexibility index (Phi) is 10.9. The van der Waals surface area contributed by atoms with Crippen LogP contribution in [-0.2, 0) is 23.9 Å². The number of aryl methyl sites for hydroxylation is 1. The van der Waals surface area contributed by atoms with Crippen LogP contribution in [0.15, 0.2) is 43.0 Å². The number of ether oxygens (including phenoxy) is 4. The number of Topliss-reactive ketones (excluding diaryl/α,β-unsaturated/α-hetero) is 1. The lowest BCUT2D eigenvalue weighted by Gasteiger charge is -2.29. The van der Waals surface area contributed by atoms with Crippen molar-refractivity contribution in [3.8, 4) is 11.5 Å². The zero-order valence-corrected chi connectivity index (χ0v) is 29.3. The first kappa shape index (κ1) is 36.4. The number of methoxy groups -OCH3 is 2. The molecule has 0 spiro atoms. The predicted octanol–water partition coefficient (Wildman–Crippen LogP) is 2.98. The van der Waals surface area contributed by atoms with E-state index in [1.807, 2.05) is 13.0 Å². The molecule has 0 radical (unpaired) electrons. The molecule has 1 aromatic heterocycles. The molecule has 2 aromatic rings. The second-order valence-corrected chi connectivity index (χ2v) is 13.3. The van der Waals surface area contributed by atoms with Gasteiger partial charge in [-0.1, -0.05) is 12.7 Å². The summed E-state index contributed by atoms with van der Waals surface area (Å²) in [6.07, 6.45) is 3.87. The van der Waals surface area contributed by atoms with Crippen molar-refractivity contribution in [1.29, 1.82) is 0 Å². The van der Waals surface area contributed by atoms with E-state index in [9.17, 15) is 24.0 Å². The highest BCUT2D eigenvalue weighted by atomic mass is 16.6. The molecule has 50 heavy (non-hydrogen) atoms. The molecule has 0 bridgehead atoms. The lowest BCUT2D eigenvalue weighted by atomic mass is 9.98. The third-order valence-corrected chi connectivity index (χ3v) is 9.81. The van der Waals surface area contributed by atoms with Gasteiger partial charge in [0.2, 0.25) is 11.8 Å². The van der Waals surface area contributed by atoms with Crippen LogP contribution in [0, 0.1) is 12.8 Å². The molecule has 13 nitrogen and oxygen atoms in total. The Balaban J connectivity index is 1.47. The molecule has 2 N–H and O–H groups in total. The number of carbonyl (C=O) groups excluding carboxylic acids is 5. The van der Waals surface area contributed by atoms with Gasteiger partial charge in [-0.15, -0.1) is 6.58 Å². The van der Waals surface area contributed by atoms with Crippen LogP contribution < -0.4 is 20.1 Å². The van der Waals surface area contributed by atoms with Crippen LogP contribution in [0.5, 0.6) is 11.5 Å². The number of benzene rings is 1. The third-order valence-electron chi connectivity index (χ3n) is 9.81. The lowest BCUT2D eigenvalue weighted by Crippen LogP contribution is -2.56. The molecule has 5 rings (SSSR count). The van der Waals surface area contributed by atoms with E-state index in [-0.39, 0.29) is 42.8 Å². The summed E-state index contributed by atoms with van der Waals surface area (Å²) in [6, 6.07) is 2.86. The van der Waals surface area contributed by atoms with Gasteiger partial charge < -0.3 is 34.5 Å². The number of nitrogens with one attached hydrogen (secondary N) is 2. The summed E-state index contributed by atoms with van der Waals surface area (Å²) in [6.45, 7) is 11.1. The van der Waals surface area contributed by atoms with Crippen LogP contribution in [0.2, 0.25) is 6.32 Å². The number of nitrogens with zero attached hydrogens (tertiary/aromatic N) is 2. The first-order valence-electron chi connectivity index (χ1n) is 17.0. The van der Waals surface area contributed by atoms with Gasteiger partial charge in [-0.3, -0.25) is 14.4 Å². The summed E-state index contributed by atoms with van der Waals surface area (Å²) < 4.78 is 22.6. The standard InChI is InChI=1S/C36H45BN4O9/c1-7-21-16-36(21,34(45)48-6)40-32(43)27-13-23(18-41(27)33(44)31(19(2)3)39-35(46)50-22-10-8-9-11-22)49-30-15-26(28(42)17-37)38-25-14-29(47-5)20(4)12-24(25)30/h7,12,14-15,21-23,27,31H,1-2,8-11,13,16-18,37H2,3-6H3,(H,39,46)(H,40,43)/t21-,23-,27+,31+,36-/m1/s1. The molecule has 2 saturated carbocycles. The molecule has 3 fully saturated rings. The van der Waals surface area contributed by atoms with Gasteiger partial charge >= 0.3 is 12.1 Å². The van der Waals surface area contributed by atoms with E-state index in [1.165, 1.54) is 12.0 Å². The summed E-state index contributed by atoms with van der Waals surface area (Å²) in [5.41, 5.74) is 0.548. The minimum absolute atomic E-state index is 0.0407. The fourth-order valence-corrected chi connectivity index (χ4v) is 6.89. The Hall–Kier alpha value is -4.88. The van der Waals surface area contributed by atoms with Crippen LogP contribution in [0.4, 0.5) is 4.79 Å². The van der Waals surface area contributed by atoms with E-state index < -0.39 is 47.6 Å². The van der Waals surface area contributed by atoms with Crippen molar-refractivity contribution in [3.63, 3.8) is 0 Å². The zero-order valence-electron chi connectivity index (χ0n) is 29.3.